The van der Waals surface area contributed by atoms with E-state index in [1.807, 2.05) is 0 Å². The van der Waals surface area contributed by atoms with Crippen molar-refractivity contribution in [3.05, 3.63) is 69.1 Å². The molecule has 1 aromatic heterocycles. The normalized spacial score (nSPS) is 14.4. The van der Waals surface area contributed by atoms with Crippen LogP contribution in [0.15, 0.2) is 48.5 Å². The first-order valence-electron chi connectivity index (χ1n) is 11.2. The summed E-state index contributed by atoms with van der Waals surface area (Å²) in [5.74, 6) is 0.432. The summed E-state index contributed by atoms with van der Waals surface area (Å²) in [4.78, 5) is 29.1. The zero-order chi connectivity index (χ0) is 24.9. The molecule has 0 saturated heterocycles. The fraction of sp³-hybridized carbons (Fsp3) is 0.320. The summed E-state index contributed by atoms with van der Waals surface area (Å²) >= 11 is 13.4. The predicted octanol–water partition coefficient (Wildman–Crippen LogP) is 5.91. The fourth-order valence-electron chi connectivity index (χ4n) is 4.19. The van der Waals surface area contributed by atoms with Gasteiger partial charge in [-0.25, -0.2) is 0 Å². The van der Waals surface area contributed by atoms with E-state index in [0.717, 1.165) is 37.2 Å². The number of aromatic nitrogens is 1. The SMILES string of the molecule is COc1ccc([C@H](C(=O)NC2CCCC2)N(C(=O)c2nsc(Cl)c2Cl)c2ccc(OC)cc2)cc1. The second-order valence-electron chi connectivity index (χ2n) is 8.16. The molecular formula is C25H25Cl2N3O4S. The Bertz CT molecular complexity index is 1180. The second kappa shape index (κ2) is 11.3. The van der Waals surface area contributed by atoms with Gasteiger partial charge in [0.05, 0.1) is 14.2 Å². The number of halogens is 2. The van der Waals surface area contributed by atoms with Crippen LogP contribution in [0.4, 0.5) is 5.69 Å². The molecule has 7 nitrogen and oxygen atoms in total. The van der Waals surface area contributed by atoms with Gasteiger partial charge in [-0.1, -0.05) is 48.2 Å². The minimum atomic E-state index is -0.987. The highest BCUT2D eigenvalue weighted by Crippen LogP contribution is 2.36. The van der Waals surface area contributed by atoms with Gasteiger partial charge >= 0.3 is 0 Å². The first-order valence-corrected chi connectivity index (χ1v) is 12.7. The summed E-state index contributed by atoms with van der Waals surface area (Å²) in [5, 5.41) is 3.20. The molecule has 184 valence electrons. The van der Waals surface area contributed by atoms with Gasteiger partial charge in [-0.3, -0.25) is 14.5 Å². The summed E-state index contributed by atoms with van der Waals surface area (Å²) in [7, 11) is 3.13. The number of carbonyl (C=O) groups is 2. The molecule has 1 saturated carbocycles. The van der Waals surface area contributed by atoms with Gasteiger partial charge in [0.1, 0.15) is 26.9 Å². The van der Waals surface area contributed by atoms with E-state index in [1.165, 1.54) is 4.90 Å². The molecule has 1 atom stereocenters. The van der Waals surface area contributed by atoms with E-state index in [4.69, 9.17) is 32.7 Å². The van der Waals surface area contributed by atoms with Crippen LogP contribution in [-0.4, -0.2) is 36.4 Å². The summed E-state index contributed by atoms with van der Waals surface area (Å²) in [5.41, 5.74) is 1.09. The van der Waals surface area contributed by atoms with E-state index < -0.39 is 11.9 Å². The maximum absolute atomic E-state index is 13.9. The van der Waals surface area contributed by atoms with Crippen molar-refractivity contribution in [2.45, 2.75) is 37.8 Å². The molecule has 4 rings (SSSR count). The number of carbonyl (C=O) groups excluding carboxylic acids is 2. The molecular weight excluding hydrogens is 509 g/mol. The number of hydrogen-bond donors (Lipinski definition) is 1. The number of benzene rings is 2. The molecule has 1 heterocycles. The van der Waals surface area contributed by atoms with Crippen LogP contribution in [0.1, 0.15) is 47.8 Å². The summed E-state index contributed by atoms with van der Waals surface area (Å²) < 4.78 is 14.9. The molecule has 35 heavy (non-hydrogen) atoms. The molecule has 2 aromatic carbocycles. The number of hydrogen-bond acceptors (Lipinski definition) is 6. The first kappa shape index (κ1) is 25.3. The quantitative estimate of drug-likeness (QED) is 0.389. The molecule has 0 aliphatic heterocycles. The van der Waals surface area contributed by atoms with Gasteiger partial charge < -0.3 is 14.8 Å². The summed E-state index contributed by atoms with van der Waals surface area (Å²) in [6.45, 7) is 0. The van der Waals surface area contributed by atoms with Crippen molar-refractivity contribution in [2.75, 3.05) is 19.1 Å². The predicted molar refractivity (Wildman–Crippen MR) is 138 cm³/mol. The van der Waals surface area contributed by atoms with Gasteiger partial charge in [0, 0.05) is 11.7 Å². The van der Waals surface area contributed by atoms with E-state index in [0.29, 0.717) is 22.7 Å². The van der Waals surface area contributed by atoms with Crippen molar-refractivity contribution in [3.63, 3.8) is 0 Å². The van der Waals surface area contributed by atoms with Crippen molar-refractivity contribution in [2.24, 2.45) is 0 Å². The maximum atomic E-state index is 13.9. The number of rotatable bonds is 8. The fourth-order valence-corrected chi connectivity index (χ4v) is 5.17. The Morgan fingerprint density at radius 2 is 1.57 bits per heavy atom. The molecule has 2 amide bonds. The Kier molecular flexibility index (Phi) is 8.15. The third-order valence-electron chi connectivity index (χ3n) is 6.01. The van der Waals surface area contributed by atoms with Crippen LogP contribution in [0.2, 0.25) is 9.36 Å². The van der Waals surface area contributed by atoms with Crippen LogP contribution in [0, 0.1) is 0 Å². The smallest absolute Gasteiger partial charge is 0.280 e. The topological polar surface area (TPSA) is 80.8 Å². The molecule has 1 aliphatic carbocycles. The first-order chi connectivity index (χ1) is 16.9. The van der Waals surface area contributed by atoms with Crippen LogP contribution in [0.25, 0.3) is 0 Å². The monoisotopic (exact) mass is 533 g/mol. The van der Waals surface area contributed by atoms with E-state index in [2.05, 4.69) is 9.69 Å². The van der Waals surface area contributed by atoms with E-state index in [-0.39, 0.29) is 27.0 Å². The highest BCUT2D eigenvalue weighted by atomic mass is 35.5. The van der Waals surface area contributed by atoms with Crippen LogP contribution in [-0.2, 0) is 4.79 Å². The van der Waals surface area contributed by atoms with Crippen LogP contribution < -0.4 is 19.7 Å². The molecule has 10 heteroatoms. The van der Waals surface area contributed by atoms with Crippen LogP contribution >= 0.6 is 34.7 Å². The number of nitrogens with one attached hydrogen (secondary N) is 1. The highest BCUT2D eigenvalue weighted by Gasteiger charge is 2.37. The number of nitrogens with zero attached hydrogens (tertiary/aromatic N) is 2. The Balaban J connectivity index is 1.83. The van der Waals surface area contributed by atoms with E-state index in [9.17, 15) is 9.59 Å². The molecule has 0 bridgehead atoms. The summed E-state index contributed by atoms with van der Waals surface area (Å²) in [6, 6.07) is 13.0. The second-order valence-corrected chi connectivity index (χ2v) is 9.91. The van der Waals surface area contributed by atoms with Crippen molar-refractivity contribution in [1.29, 1.82) is 0 Å². The van der Waals surface area contributed by atoms with Gasteiger partial charge in [0.25, 0.3) is 5.91 Å². The average molecular weight is 534 g/mol. The largest absolute Gasteiger partial charge is 0.497 e. The van der Waals surface area contributed by atoms with Gasteiger partial charge in [0.2, 0.25) is 5.91 Å². The van der Waals surface area contributed by atoms with Gasteiger partial charge in [-0.05, 0) is 66.3 Å². The molecule has 1 N–H and O–H groups in total. The lowest BCUT2D eigenvalue weighted by molar-refractivity contribution is -0.123. The molecule has 0 spiro atoms. The number of amides is 2. The van der Waals surface area contributed by atoms with Gasteiger partial charge in [0.15, 0.2) is 5.69 Å². The number of methoxy groups -OCH3 is 2. The standard InChI is InChI=1S/C25H25Cl2N3O4S/c1-33-18-11-7-15(8-12-18)22(24(31)28-16-5-3-4-6-16)30(17-9-13-19(34-2)14-10-17)25(32)21-20(26)23(27)35-29-21/h7-14,16,22H,3-6H2,1-2H3,(H,28,31)/t22-/m1/s1. The molecule has 1 aliphatic rings. The molecule has 0 radical (unpaired) electrons. The Labute approximate surface area is 218 Å². The van der Waals surface area contributed by atoms with E-state index in [1.54, 1.807) is 62.8 Å². The molecule has 0 unspecified atom stereocenters. The maximum Gasteiger partial charge on any atom is 0.280 e. The van der Waals surface area contributed by atoms with Crippen molar-refractivity contribution in [3.8, 4) is 11.5 Å². The number of anilines is 1. The number of ether oxygens (including phenoxy) is 2. The van der Waals surface area contributed by atoms with Gasteiger partial charge in [-0.2, -0.15) is 4.37 Å². The molecule has 1 fully saturated rings. The third kappa shape index (κ3) is 5.55. The lowest BCUT2D eigenvalue weighted by Crippen LogP contribution is -2.46. The Hall–Kier alpha value is -2.81. The van der Waals surface area contributed by atoms with E-state index >= 15 is 0 Å². The van der Waals surface area contributed by atoms with Gasteiger partial charge in [-0.15, -0.1) is 0 Å². The Morgan fingerprint density at radius 1 is 1.00 bits per heavy atom. The lowest BCUT2D eigenvalue weighted by atomic mass is 10.0. The Morgan fingerprint density at radius 3 is 2.09 bits per heavy atom. The minimum Gasteiger partial charge on any atom is -0.497 e. The minimum absolute atomic E-state index is 0.00957. The zero-order valence-electron chi connectivity index (χ0n) is 19.3. The van der Waals surface area contributed by atoms with Crippen molar-refractivity contribution < 1.29 is 19.1 Å². The van der Waals surface area contributed by atoms with Crippen LogP contribution in [0.5, 0.6) is 11.5 Å². The van der Waals surface area contributed by atoms with Crippen molar-refractivity contribution >= 4 is 52.2 Å². The zero-order valence-corrected chi connectivity index (χ0v) is 21.6. The lowest BCUT2D eigenvalue weighted by Gasteiger charge is -2.32. The average Bonchev–Trinajstić information content (AvgIpc) is 3.51. The highest BCUT2D eigenvalue weighted by molar-refractivity contribution is 7.11. The van der Waals surface area contributed by atoms with Crippen LogP contribution in [0.3, 0.4) is 0 Å². The third-order valence-corrected chi connectivity index (χ3v) is 7.62. The van der Waals surface area contributed by atoms with Crippen molar-refractivity contribution in [1.82, 2.24) is 9.69 Å². The summed E-state index contributed by atoms with van der Waals surface area (Å²) in [6.07, 6.45) is 3.94. The molecule has 3 aromatic rings.